The normalized spacial score (nSPS) is 27.4. The monoisotopic (exact) mass is 172 g/mol. The summed E-state index contributed by atoms with van der Waals surface area (Å²) in [6, 6.07) is 0. The Morgan fingerprint density at radius 3 is 2.92 bits per heavy atom. The molecule has 0 spiro atoms. The van der Waals surface area contributed by atoms with Gasteiger partial charge in [-0.1, -0.05) is 12.2 Å². The highest BCUT2D eigenvalue weighted by Gasteiger charge is 2.31. The molecule has 0 aromatic rings. The molecule has 0 unspecified atom stereocenters. The molecule has 70 valence electrons. The van der Waals surface area contributed by atoms with Crippen LogP contribution in [0, 0.1) is 0 Å². The summed E-state index contributed by atoms with van der Waals surface area (Å²) < 4.78 is 15.7. The highest BCUT2D eigenvalue weighted by atomic mass is 16.7. The van der Waals surface area contributed by atoms with Crippen molar-refractivity contribution in [3.05, 3.63) is 12.2 Å². The zero-order valence-electron chi connectivity index (χ0n) is 7.87. The number of ether oxygens (including phenoxy) is 3. The molecule has 0 aliphatic carbocycles. The van der Waals surface area contributed by atoms with Gasteiger partial charge in [0.25, 0.3) is 0 Å². The standard InChI is InChI=1S/C9H16O3/c1-9(2)8(11-7-10-3)5-4-6-12-9/h4-5,8H,6-7H2,1-3H3/t8-/m1/s1. The van der Waals surface area contributed by atoms with Crippen molar-refractivity contribution in [1.29, 1.82) is 0 Å². The van der Waals surface area contributed by atoms with E-state index in [1.165, 1.54) is 0 Å². The van der Waals surface area contributed by atoms with Crippen LogP contribution in [0.5, 0.6) is 0 Å². The molecule has 12 heavy (non-hydrogen) atoms. The molecule has 1 aliphatic heterocycles. The maximum Gasteiger partial charge on any atom is 0.147 e. The maximum absolute atomic E-state index is 5.51. The van der Waals surface area contributed by atoms with E-state index in [4.69, 9.17) is 14.2 Å². The van der Waals surface area contributed by atoms with E-state index in [9.17, 15) is 0 Å². The number of hydrogen-bond donors (Lipinski definition) is 0. The lowest BCUT2D eigenvalue weighted by Gasteiger charge is -2.34. The van der Waals surface area contributed by atoms with Crippen LogP contribution in [-0.2, 0) is 14.2 Å². The molecule has 3 heteroatoms. The number of methoxy groups -OCH3 is 1. The summed E-state index contributed by atoms with van der Waals surface area (Å²) in [4.78, 5) is 0. The molecule has 1 atom stereocenters. The topological polar surface area (TPSA) is 27.7 Å². The summed E-state index contributed by atoms with van der Waals surface area (Å²) >= 11 is 0. The SMILES string of the molecule is COCO[C@@H]1C=CCOC1(C)C. The third-order valence-electron chi connectivity index (χ3n) is 1.91. The molecule has 0 amide bonds. The Bertz CT molecular complexity index is 163. The second-order valence-electron chi connectivity index (χ2n) is 3.34. The lowest BCUT2D eigenvalue weighted by Crippen LogP contribution is -2.42. The molecular weight excluding hydrogens is 156 g/mol. The molecular formula is C9H16O3. The fraction of sp³-hybridized carbons (Fsp3) is 0.778. The second-order valence-corrected chi connectivity index (χ2v) is 3.34. The maximum atomic E-state index is 5.51. The van der Waals surface area contributed by atoms with Gasteiger partial charge in [-0.3, -0.25) is 0 Å². The van der Waals surface area contributed by atoms with E-state index in [1.807, 2.05) is 26.0 Å². The van der Waals surface area contributed by atoms with Gasteiger partial charge in [0.05, 0.1) is 12.2 Å². The zero-order chi connectivity index (χ0) is 9.03. The number of hydrogen-bond acceptors (Lipinski definition) is 3. The van der Waals surface area contributed by atoms with Gasteiger partial charge in [0, 0.05) is 7.11 Å². The molecule has 0 fully saturated rings. The minimum absolute atomic E-state index is 0.00815. The molecule has 1 rings (SSSR count). The van der Waals surface area contributed by atoms with Crippen molar-refractivity contribution >= 4 is 0 Å². The van der Waals surface area contributed by atoms with Gasteiger partial charge in [0.1, 0.15) is 12.9 Å². The molecule has 1 heterocycles. The smallest absolute Gasteiger partial charge is 0.147 e. The Hall–Kier alpha value is -0.380. The fourth-order valence-corrected chi connectivity index (χ4v) is 1.15. The van der Waals surface area contributed by atoms with Crippen LogP contribution in [-0.4, -0.2) is 32.2 Å². The van der Waals surface area contributed by atoms with E-state index in [1.54, 1.807) is 7.11 Å². The Morgan fingerprint density at radius 1 is 1.58 bits per heavy atom. The first-order valence-electron chi connectivity index (χ1n) is 4.08. The molecule has 1 aliphatic rings. The zero-order valence-corrected chi connectivity index (χ0v) is 7.87. The average Bonchev–Trinajstić information content (AvgIpc) is 2.02. The summed E-state index contributed by atoms with van der Waals surface area (Å²) in [7, 11) is 1.61. The van der Waals surface area contributed by atoms with E-state index >= 15 is 0 Å². The molecule has 0 bridgehead atoms. The van der Waals surface area contributed by atoms with Crippen LogP contribution in [0.25, 0.3) is 0 Å². The van der Waals surface area contributed by atoms with Gasteiger partial charge in [-0.15, -0.1) is 0 Å². The van der Waals surface area contributed by atoms with Crippen molar-refractivity contribution in [2.75, 3.05) is 20.5 Å². The van der Waals surface area contributed by atoms with Crippen molar-refractivity contribution in [3.63, 3.8) is 0 Å². The quantitative estimate of drug-likeness (QED) is 0.475. The summed E-state index contributed by atoms with van der Waals surface area (Å²) in [6.45, 7) is 5.00. The van der Waals surface area contributed by atoms with Crippen molar-refractivity contribution in [3.8, 4) is 0 Å². The molecule has 0 radical (unpaired) electrons. The lowest BCUT2D eigenvalue weighted by atomic mass is 9.99. The third kappa shape index (κ3) is 2.30. The van der Waals surface area contributed by atoms with Gasteiger partial charge >= 0.3 is 0 Å². The predicted octanol–water partition coefficient (Wildman–Crippen LogP) is 1.34. The molecule has 0 aromatic carbocycles. The summed E-state index contributed by atoms with van der Waals surface area (Å²) in [6.07, 6.45) is 3.97. The van der Waals surface area contributed by atoms with Crippen LogP contribution >= 0.6 is 0 Å². The van der Waals surface area contributed by atoms with E-state index < -0.39 is 0 Å². The molecule has 0 N–H and O–H groups in total. The Balaban J connectivity index is 2.48. The van der Waals surface area contributed by atoms with Gasteiger partial charge in [0.2, 0.25) is 0 Å². The first-order valence-corrected chi connectivity index (χ1v) is 4.08. The van der Waals surface area contributed by atoms with Crippen LogP contribution in [0.2, 0.25) is 0 Å². The summed E-state index contributed by atoms with van der Waals surface area (Å²) in [5, 5.41) is 0. The first kappa shape index (κ1) is 9.71. The Morgan fingerprint density at radius 2 is 2.33 bits per heavy atom. The largest absolute Gasteiger partial charge is 0.368 e. The van der Waals surface area contributed by atoms with Gasteiger partial charge in [-0.25, -0.2) is 0 Å². The van der Waals surface area contributed by atoms with Crippen molar-refractivity contribution in [2.45, 2.75) is 25.6 Å². The highest BCUT2D eigenvalue weighted by Crippen LogP contribution is 2.22. The van der Waals surface area contributed by atoms with Crippen LogP contribution in [0.4, 0.5) is 0 Å². The first-order chi connectivity index (χ1) is 5.67. The second kappa shape index (κ2) is 4.03. The highest BCUT2D eigenvalue weighted by molar-refractivity contribution is 5.02. The predicted molar refractivity (Wildman–Crippen MR) is 45.9 cm³/mol. The molecule has 0 saturated carbocycles. The minimum atomic E-state index is -0.243. The number of rotatable bonds is 3. The van der Waals surface area contributed by atoms with E-state index in [2.05, 4.69) is 0 Å². The Kier molecular flexibility index (Phi) is 3.26. The van der Waals surface area contributed by atoms with Gasteiger partial charge in [-0.2, -0.15) is 0 Å². The van der Waals surface area contributed by atoms with Crippen LogP contribution in [0.15, 0.2) is 12.2 Å². The van der Waals surface area contributed by atoms with Gasteiger partial charge in [-0.05, 0) is 13.8 Å². The Labute approximate surface area is 73.3 Å². The third-order valence-corrected chi connectivity index (χ3v) is 1.91. The van der Waals surface area contributed by atoms with Crippen LogP contribution in [0.3, 0.4) is 0 Å². The fourth-order valence-electron chi connectivity index (χ4n) is 1.15. The van der Waals surface area contributed by atoms with Crippen molar-refractivity contribution < 1.29 is 14.2 Å². The van der Waals surface area contributed by atoms with E-state index in [0.29, 0.717) is 13.4 Å². The van der Waals surface area contributed by atoms with E-state index in [-0.39, 0.29) is 11.7 Å². The summed E-state index contributed by atoms with van der Waals surface area (Å²) in [5.74, 6) is 0. The van der Waals surface area contributed by atoms with Crippen LogP contribution < -0.4 is 0 Å². The molecule has 0 aromatic heterocycles. The van der Waals surface area contributed by atoms with Gasteiger partial charge < -0.3 is 14.2 Å². The van der Waals surface area contributed by atoms with Crippen LogP contribution in [0.1, 0.15) is 13.8 Å². The van der Waals surface area contributed by atoms with E-state index in [0.717, 1.165) is 0 Å². The average molecular weight is 172 g/mol. The molecule has 0 saturated heterocycles. The lowest BCUT2D eigenvalue weighted by molar-refractivity contribution is -0.148. The molecule has 3 nitrogen and oxygen atoms in total. The summed E-state index contributed by atoms with van der Waals surface area (Å²) in [5.41, 5.74) is -0.243. The van der Waals surface area contributed by atoms with Crippen molar-refractivity contribution in [1.82, 2.24) is 0 Å². The minimum Gasteiger partial charge on any atom is -0.368 e. The van der Waals surface area contributed by atoms with Crippen molar-refractivity contribution in [2.24, 2.45) is 0 Å². The van der Waals surface area contributed by atoms with Gasteiger partial charge in [0.15, 0.2) is 0 Å².